The molecule has 2 aromatic heterocycles. The van der Waals surface area contributed by atoms with Gasteiger partial charge in [-0.25, -0.2) is 0 Å². The number of benzene rings is 4. The number of carbonyl (C=O) groups excluding carboxylic acids is 2. The van der Waals surface area contributed by atoms with Crippen LogP contribution in [0.15, 0.2) is 84.9 Å². The van der Waals surface area contributed by atoms with Crippen molar-refractivity contribution in [2.45, 2.75) is 51.5 Å². The number of aromatic nitrogens is 3. The lowest BCUT2D eigenvalue weighted by Gasteiger charge is -2.38. The molecule has 57 heavy (non-hydrogen) atoms. The molecule has 6 aromatic rings. The number of hydrogen-bond acceptors (Lipinski definition) is 8. The smallest absolute Gasteiger partial charge is 0.235 e. The minimum atomic E-state index is -0.390. The molecule has 294 valence electrons. The quantitative estimate of drug-likeness (QED) is 0.136. The highest BCUT2D eigenvalue weighted by Gasteiger charge is 2.32. The van der Waals surface area contributed by atoms with E-state index in [-0.39, 0.29) is 23.3 Å². The summed E-state index contributed by atoms with van der Waals surface area (Å²) in [4.78, 5) is 31.9. The maximum absolute atomic E-state index is 12.6. The van der Waals surface area contributed by atoms with E-state index in [4.69, 9.17) is 5.10 Å². The zero-order chi connectivity index (χ0) is 39.2. The van der Waals surface area contributed by atoms with Crippen molar-refractivity contribution in [2.75, 3.05) is 55.6 Å². The van der Waals surface area contributed by atoms with Crippen molar-refractivity contribution in [2.24, 2.45) is 13.0 Å². The second-order valence-electron chi connectivity index (χ2n) is 16.2. The Morgan fingerprint density at radius 1 is 0.737 bits per heavy atom. The molecule has 3 aliphatic rings. The van der Waals surface area contributed by atoms with Gasteiger partial charge in [0.25, 0.3) is 0 Å². The number of aryl methyl sites for hydroxylation is 2. The summed E-state index contributed by atoms with van der Waals surface area (Å²) in [6.07, 6.45) is 4.51. The summed E-state index contributed by atoms with van der Waals surface area (Å²) in [7, 11) is 1.93. The topological polar surface area (TPSA) is 119 Å². The van der Waals surface area contributed by atoms with Gasteiger partial charge < -0.3 is 24.6 Å². The monoisotopic (exact) mass is 765 g/mol. The van der Waals surface area contributed by atoms with E-state index in [2.05, 4.69) is 74.0 Å². The van der Waals surface area contributed by atoms with Crippen LogP contribution in [0.25, 0.3) is 33.1 Å². The Kier molecular flexibility index (Phi) is 9.86. The van der Waals surface area contributed by atoms with E-state index in [1.54, 1.807) is 18.2 Å². The molecule has 0 bridgehead atoms. The summed E-state index contributed by atoms with van der Waals surface area (Å²) in [6, 6.07) is 28.4. The second-order valence-corrected chi connectivity index (χ2v) is 16.2. The largest absolute Gasteiger partial charge is 0.508 e. The Morgan fingerprint density at radius 2 is 1.44 bits per heavy atom. The summed E-state index contributed by atoms with van der Waals surface area (Å²) in [5, 5.41) is 29.4. The number of aromatic hydroxyl groups is 2. The molecule has 3 saturated heterocycles. The standard InChI is InChI=1S/C46H51N7O4/c1-30-40-28-37(55)12-15-41(40)53(45(30)33-5-10-36(54)11-6-33)29-32-3-7-34(8-4-32)51-21-18-31(19-22-51)17-20-50-23-25-52(26-24-50)35-9-13-38-42(27-35)49(2)48-44(38)39-14-16-43(56)47-46(39)57/h3-13,15,27-28,31,39,54-55H,14,16-26,29H2,1-2H3,(H,47,56,57). The third-order valence-electron chi connectivity index (χ3n) is 12.7. The average molecular weight is 766 g/mol. The van der Waals surface area contributed by atoms with Crippen LogP contribution in [0.3, 0.4) is 0 Å². The molecule has 11 heteroatoms. The third-order valence-corrected chi connectivity index (χ3v) is 12.7. The molecule has 0 spiro atoms. The van der Waals surface area contributed by atoms with Gasteiger partial charge >= 0.3 is 0 Å². The summed E-state index contributed by atoms with van der Waals surface area (Å²) < 4.78 is 4.19. The zero-order valence-corrected chi connectivity index (χ0v) is 32.8. The molecule has 4 aromatic carbocycles. The number of amides is 2. The molecule has 1 unspecified atom stereocenters. The van der Waals surface area contributed by atoms with E-state index in [9.17, 15) is 19.8 Å². The SMILES string of the molecule is Cc1c(-c2ccc(O)cc2)n(Cc2ccc(N3CCC(CCN4CCN(c5ccc6c(C7CCC(=O)NC7=O)nn(C)c6c5)CC4)CC3)cc2)c2ccc(O)cc12. The summed E-state index contributed by atoms with van der Waals surface area (Å²) >= 11 is 0. The van der Waals surface area contributed by atoms with Gasteiger partial charge in [-0.3, -0.25) is 24.5 Å². The first-order valence-electron chi connectivity index (χ1n) is 20.4. The van der Waals surface area contributed by atoms with Crippen molar-refractivity contribution < 1.29 is 19.8 Å². The van der Waals surface area contributed by atoms with Gasteiger partial charge in [-0.05, 0) is 135 Å². The van der Waals surface area contributed by atoms with Crippen molar-refractivity contribution in [3.8, 4) is 22.8 Å². The minimum Gasteiger partial charge on any atom is -0.508 e. The van der Waals surface area contributed by atoms with Crippen molar-refractivity contribution in [1.82, 2.24) is 24.6 Å². The van der Waals surface area contributed by atoms with Crippen molar-refractivity contribution >= 4 is 45.0 Å². The maximum Gasteiger partial charge on any atom is 0.235 e. The molecule has 0 saturated carbocycles. The zero-order valence-electron chi connectivity index (χ0n) is 32.8. The highest BCUT2D eigenvalue weighted by atomic mass is 16.3. The van der Waals surface area contributed by atoms with Gasteiger partial charge in [-0.15, -0.1) is 0 Å². The number of hydrogen-bond donors (Lipinski definition) is 3. The predicted molar refractivity (Wildman–Crippen MR) is 225 cm³/mol. The number of carbonyl (C=O) groups is 2. The van der Waals surface area contributed by atoms with E-state index >= 15 is 0 Å². The molecule has 3 N–H and O–H groups in total. The summed E-state index contributed by atoms with van der Waals surface area (Å²) in [5.74, 6) is 0.402. The van der Waals surface area contributed by atoms with Crippen LogP contribution < -0.4 is 15.1 Å². The van der Waals surface area contributed by atoms with Gasteiger partial charge in [0, 0.05) is 86.9 Å². The van der Waals surface area contributed by atoms with E-state index in [1.165, 1.54) is 36.2 Å². The third kappa shape index (κ3) is 7.32. The number of anilines is 2. The van der Waals surface area contributed by atoms with Gasteiger partial charge in [0.2, 0.25) is 11.8 Å². The van der Waals surface area contributed by atoms with Gasteiger partial charge in [0.1, 0.15) is 11.5 Å². The van der Waals surface area contributed by atoms with Crippen LogP contribution in [0.5, 0.6) is 11.5 Å². The Hall–Kier alpha value is -5.81. The summed E-state index contributed by atoms with van der Waals surface area (Å²) in [5.41, 5.74) is 9.77. The lowest BCUT2D eigenvalue weighted by molar-refractivity contribution is -0.134. The molecule has 1 atom stereocenters. The first-order valence-corrected chi connectivity index (χ1v) is 20.4. The van der Waals surface area contributed by atoms with Crippen LogP contribution in [-0.2, 0) is 23.2 Å². The van der Waals surface area contributed by atoms with E-state index in [1.807, 2.05) is 36.0 Å². The van der Waals surface area contributed by atoms with Crippen LogP contribution in [0.1, 0.15) is 54.8 Å². The van der Waals surface area contributed by atoms with Gasteiger partial charge in [0.05, 0.1) is 22.8 Å². The first-order chi connectivity index (χ1) is 27.7. The molecule has 0 radical (unpaired) electrons. The molecular formula is C46H51N7O4. The van der Waals surface area contributed by atoms with Gasteiger partial charge in [0.15, 0.2) is 0 Å². The molecular weight excluding hydrogens is 715 g/mol. The second kappa shape index (κ2) is 15.3. The van der Waals surface area contributed by atoms with Crippen LogP contribution in [-0.4, -0.2) is 87.1 Å². The molecule has 9 rings (SSSR count). The molecule has 2 amide bonds. The maximum atomic E-state index is 12.6. The predicted octanol–water partition coefficient (Wildman–Crippen LogP) is 6.91. The Morgan fingerprint density at radius 3 is 2.18 bits per heavy atom. The summed E-state index contributed by atoms with van der Waals surface area (Å²) in [6.45, 7) is 10.2. The number of piperidine rings is 2. The van der Waals surface area contributed by atoms with Crippen molar-refractivity contribution in [3.63, 3.8) is 0 Å². The normalized spacial score (nSPS) is 18.5. The van der Waals surface area contributed by atoms with E-state index < -0.39 is 5.92 Å². The van der Waals surface area contributed by atoms with Crippen molar-refractivity contribution in [3.05, 3.63) is 102 Å². The van der Waals surface area contributed by atoms with E-state index in [0.717, 1.165) is 96.1 Å². The van der Waals surface area contributed by atoms with Crippen LogP contribution in [0.4, 0.5) is 11.4 Å². The molecule has 11 nitrogen and oxygen atoms in total. The van der Waals surface area contributed by atoms with Crippen LogP contribution in [0, 0.1) is 12.8 Å². The highest BCUT2D eigenvalue weighted by molar-refractivity contribution is 6.02. The Balaban J connectivity index is 0.768. The fourth-order valence-corrected chi connectivity index (χ4v) is 9.42. The minimum absolute atomic E-state index is 0.205. The lowest BCUT2D eigenvalue weighted by Crippen LogP contribution is -2.47. The number of nitrogens with one attached hydrogen (secondary N) is 1. The number of piperazine rings is 1. The number of nitrogens with zero attached hydrogens (tertiary/aromatic N) is 6. The molecule has 0 aliphatic carbocycles. The Labute approximate surface area is 333 Å². The van der Waals surface area contributed by atoms with Crippen LogP contribution >= 0.6 is 0 Å². The molecule has 3 fully saturated rings. The first kappa shape index (κ1) is 36.8. The van der Waals surface area contributed by atoms with Crippen molar-refractivity contribution in [1.29, 1.82) is 0 Å². The number of fused-ring (bicyclic) bond motifs is 2. The van der Waals surface area contributed by atoms with E-state index in [0.29, 0.717) is 19.4 Å². The van der Waals surface area contributed by atoms with Crippen LogP contribution in [0.2, 0.25) is 0 Å². The molecule has 5 heterocycles. The number of phenolic OH excluding ortho intramolecular Hbond substituents is 2. The Bertz CT molecular complexity index is 2440. The van der Waals surface area contributed by atoms with Gasteiger partial charge in [-0.2, -0.15) is 5.10 Å². The number of imide groups is 1. The lowest BCUT2D eigenvalue weighted by atomic mass is 9.92. The number of rotatable bonds is 9. The number of phenols is 2. The molecule has 3 aliphatic heterocycles. The fourth-order valence-electron chi connectivity index (χ4n) is 9.42. The average Bonchev–Trinajstić information content (AvgIpc) is 3.69. The fraction of sp³-hybridized carbons (Fsp3) is 0.370. The highest BCUT2D eigenvalue weighted by Crippen LogP contribution is 2.37. The van der Waals surface area contributed by atoms with Gasteiger partial charge in [-0.1, -0.05) is 12.1 Å².